The molecule has 0 amide bonds. The SMILES string of the molecule is NC(C(=O)O)c1csc(N2CCCC3CCCCC32)n1. The number of hydrogen-bond donors (Lipinski definition) is 2. The van der Waals surface area contributed by atoms with Gasteiger partial charge in [-0.15, -0.1) is 11.3 Å². The molecular formula is C14H21N3O2S. The molecule has 0 radical (unpaired) electrons. The number of carboxylic acids is 1. The molecule has 3 N–H and O–H groups in total. The lowest BCUT2D eigenvalue weighted by Gasteiger charge is -2.44. The average Bonchev–Trinajstić information content (AvgIpc) is 2.95. The van der Waals surface area contributed by atoms with Crippen molar-refractivity contribution in [1.82, 2.24) is 4.98 Å². The Morgan fingerprint density at radius 2 is 2.15 bits per heavy atom. The number of aliphatic carboxylic acids is 1. The normalized spacial score (nSPS) is 27.9. The number of nitrogens with zero attached hydrogens (tertiary/aromatic N) is 2. The van der Waals surface area contributed by atoms with Crippen molar-refractivity contribution in [2.45, 2.75) is 50.6 Å². The molecule has 1 aliphatic carbocycles. The molecule has 3 atom stereocenters. The maximum atomic E-state index is 10.9. The van der Waals surface area contributed by atoms with Gasteiger partial charge in [0.2, 0.25) is 0 Å². The Kier molecular flexibility index (Phi) is 3.94. The molecule has 3 rings (SSSR count). The third-order valence-corrected chi connectivity index (χ3v) is 5.48. The molecule has 6 heteroatoms. The summed E-state index contributed by atoms with van der Waals surface area (Å²) in [6.45, 7) is 1.04. The van der Waals surface area contributed by atoms with Crippen LogP contribution in [0.3, 0.4) is 0 Å². The first kappa shape index (κ1) is 13.8. The molecule has 110 valence electrons. The van der Waals surface area contributed by atoms with Crippen molar-refractivity contribution in [3.8, 4) is 0 Å². The lowest BCUT2D eigenvalue weighted by molar-refractivity contribution is -0.138. The lowest BCUT2D eigenvalue weighted by atomic mass is 9.78. The first-order valence-corrected chi connectivity index (χ1v) is 8.25. The number of piperidine rings is 1. The summed E-state index contributed by atoms with van der Waals surface area (Å²) in [6.07, 6.45) is 7.75. The quantitative estimate of drug-likeness (QED) is 0.895. The van der Waals surface area contributed by atoms with E-state index in [9.17, 15) is 4.79 Å². The molecule has 2 aliphatic rings. The Labute approximate surface area is 122 Å². The van der Waals surface area contributed by atoms with Gasteiger partial charge in [0.15, 0.2) is 5.13 Å². The van der Waals surface area contributed by atoms with Gasteiger partial charge in [0.1, 0.15) is 6.04 Å². The van der Waals surface area contributed by atoms with Crippen LogP contribution < -0.4 is 10.6 Å². The van der Waals surface area contributed by atoms with Gasteiger partial charge in [-0.1, -0.05) is 12.8 Å². The third-order valence-electron chi connectivity index (χ3n) is 4.58. The van der Waals surface area contributed by atoms with Crippen molar-refractivity contribution in [2.24, 2.45) is 11.7 Å². The van der Waals surface area contributed by atoms with E-state index >= 15 is 0 Å². The monoisotopic (exact) mass is 295 g/mol. The van der Waals surface area contributed by atoms with Gasteiger partial charge >= 0.3 is 5.97 Å². The van der Waals surface area contributed by atoms with Gasteiger partial charge < -0.3 is 15.7 Å². The number of fused-ring (bicyclic) bond motifs is 1. The highest BCUT2D eigenvalue weighted by atomic mass is 32.1. The van der Waals surface area contributed by atoms with Gasteiger partial charge in [0, 0.05) is 18.0 Å². The van der Waals surface area contributed by atoms with Gasteiger partial charge in [-0.3, -0.25) is 4.79 Å². The van der Waals surface area contributed by atoms with E-state index in [-0.39, 0.29) is 0 Å². The Morgan fingerprint density at radius 1 is 1.40 bits per heavy atom. The van der Waals surface area contributed by atoms with Gasteiger partial charge in [0.05, 0.1) is 5.69 Å². The van der Waals surface area contributed by atoms with E-state index < -0.39 is 12.0 Å². The first-order chi connectivity index (χ1) is 9.66. The number of anilines is 1. The maximum absolute atomic E-state index is 10.9. The van der Waals surface area contributed by atoms with E-state index in [4.69, 9.17) is 10.8 Å². The largest absolute Gasteiger partial charge is 0.480 e. The molecule has 1 aliphatic heterocycles. The van der Waals surface area contributed by atoms with Crippen LogP contribution in [0.25, 0.3) is 0 Å². The van der Waals surface area contributed by atoms with E-state index in [1.807, 2.05) is 0 Å². The fourth-order valence-electron chi connectivity index (χ4n) is 3.54. The van der Waals surface area contributed by atoms with Crippen molar-refractivity contribution >= 4 is 22.4 Å². The van der Waals surface area contributed by atoms with Gasteiger partial charge in [-0.05, 0) is 31.6 Å². The van der Waals surface area contributed by atoms with Crippen LogP contribution in [0.15, 0.2) is 5.38 Å². The molecule has 1 saturated heterocycles. The summed E-state index contributed by atoms with van der Waals surface area (Å²) in [5.74, 6) is -0.228. The zero-order chi connectivity index (χ0) is 14.1. The van der Waals surface area contributed by atoms with Gasteiger partial charge in [0.25, 0.3) is 0 Å². The van der Waals surface area contributed by atoms with E-state index in [1.54, 1.807) is 5.38 Å². The molecule has 20 heavy (non-hydrogen) atoms. The summed E-state index contributed by atoms with van der Waals surface area (Å²) < 4.78 is 0. The Balaban J connectivity index is 1.79. The molecule has 0 aromatic carbocycles. The van der Waals surface area contributed by atoms with Crippen molar-refractivity contribution in [3.05, 3.63) is 11.1 Å². The molecular weight excluding hydrogens is 274 g/mol. The van der Waals surface area contributed by atoms with Crippen LogP contribution in [0.1, 0.15) is 50.3 Å². The second kappa shape index (κ2) is 5.69. The van der Waals surface area contributed by atoms with Crippen molar-refractivity contribution in [1.29, 1.82) is 0 Å². The summed E-state index contributed by atoms with van der Waals surface area (Å²) in [4.78, 5) is 17.8. The molecule has 2 heterocycles. The molecule has 0 spiro atoms. The average molecular weight is 295 g/mol. The minimum Gasteiger partial charge on any atom is -0.480 e. The summed E-state index contributed by atoms with van der Waals surface area (Å²) >= 11 is 1.53. The smallest absolute Gasteiger partial charge is 0.326 e. The highest BCUT2D eigenvalue weighted by molar-refractivity contribution is 7.13. The number of thiazole rings is 1. The number of hydrogen-bond acceptors (Lipinski definition) is 5. The molecule has 0 bridgehead atoms. The van der Waals surface area contributed by atoms with E-state index in [0.29, 0.717) is 11.7 Å². The summed E-state index contributed by atoms with van der Waals surface area (Å²) in [7, 11) is 0. The van der Waals surface area contributed by atoms with Gasteiger partial charge in [-0.2, -0.15) is 0 Å². The zero-order valence-corrected chi connectivity index (χ0v) is 12.3. The van der Waals surface area contributed by atoms with Crippen LogP contribution in [0.2, 0.25) is 0 Å². The minimum atomic E-state index is -1.02. The van der Waals surface area contributed by atoms with Crippen LogP contribution in [-0.2, 0) is 4.79 Å². The first-order valence-electron chi connectivity index (χ1n) is 7.37. The summed E-state index contributed by atoms with van der Waals surface area (Å²) in [5, 5.41) is 11.7. The van der Waals surface area contributed by atoms with Crippen LogP contribution in [0.4, 0.5) is 5.13 Å². The lowest BCUT2D eigenvalue weighted by Crippen LogP contribution is -2.46. The number of carbonyl (C=O) groups is 1. The zero-order valence-electron chi connectivity index (χ0n) is 11.5. The number of carboxylic acid groups (broad SMARTS) is 1. The summed E-state index contributed by atoms with van der Waals surface area (Å²) in [6, 6.07) is -0.413. The molecule has 5 nitrogen and oxygen atoms in total. The van der Waals surface area contributed by atoms with Crippen molar-refractivity contribution in [3.63, 3.8) is 0 Å². The number of rotatable bonds is 3. The molecule has 1 aromatic rings. The third kappa shape index (κ3) is 2.54. The van der Waals surface area contributed by atoms with E-state index in [0.717, 1.165) is 17.6 Å². The maximum Gasteiger partial charge on any atom is 0.326 e. The standard InChI is InChI=1S/C14H21N3O2S/c15-12(13(18)19)10-8-20-14(16-10)17-7-3-5-9-4-1-2-6-11(9)17/h8-9,11-12H,1-7,15H2,(H,18,19). The predicted molar refractivity (Wildman–Crippen MR) is 79.0 cm³/mol. The fraction of sp³-hybridized carbons (Fsp3) is 0.714. The predicted octanol–water partition coefficient (Wildman–Crippen LogP) is 2.39. The second-order valence-corrected chi connectivity index (χ2v) is 6.65. The summed E-state index contributed by atoms with van der Waals surface area (Å²) in [5.41, 5.74) is 6.12. The van der Waals surface area contributed by atoms with Crippen LogP contribution in [0, 0.1) is 5.92 Å². The highest BCUT2D eigenvalue weighted by Crippen LogP contribution is 2.38. The molecule has 3 unspecified atom stereocenters. The molecule has 1 aromatic heterocycles. The van der Waals surface area contributed by atoms with Crippen molar-refractivity contribution < 1.29 is 9.90 Å². The number of aromatic nitrogens is 1. The Morgan fingerprint density at radius 3 is 2.95 bits per heavy atom. The Bertz CT molecular complexity index is 489. The van der Waals surface area contributed by atoms with E-state index in [2.05, 4.69) is 9.88 Å². The number of nitrogens with two attached hydrogens (primary N) is 1. The van der Waals surface area contributed by atoms with Crippen LogP contribution in [-0.4, -0.2) is 28.6 Å². The van der Waals surface area contributed by atoms with Crippen LogP contribution in [0.5, 0.6) is 0 Å². The van der Waals surface area contributed by atoms with Gasteiger partial charge in [-0.25, -0.2) is 4.98 Å². The molecule has 1 saturated carbocycles. The van der Waals surface area contributed by atoms with E-state index in [1.165, 1.54) is 49.9 Å². The van der Waals surface area contributed by atoms with Crippen LogP contribution >= 0.6 is 11.3 Å². The fourth-order valence-corrected chi connectivity index (χ4v) is 4.49. The topological polar surface area (TPSA) is 79.5 Å². The highest BCUT2D eigenvalue weighted by Gasteiger charge is 2.34. The minimum absolute atomic E-state index is 0.482. The second-order valence-electron chi connectivity index (χ2n) is 5.82. The van der Waals surface area contributed by atoms with Crippen molar-refractivity contribution in [2.75, 3.05) is 11.4 Å². The Hall–Kier alpha value is -1.14. The molecule has 2 fully saturated rings.